The van der Waals surface area contributed by atoms with Crippen LogP contribution in [0.5, 0.6) is 0 Å². The Bertz CT molecular complexity index is 922. The Balaban J connectivity index is 1.61. The highest BCUT2D eigenvalue weighted by atomic mass is 32.2. The van der Waals surface area contributed by atoms with E-state index in [-0.39, 0.29) is 11.7 Å². The maximum atomic E-state index is 12.2. The van der Waals surface area contributed by atoms with Crippen LogP contribution in [0.4, 0.5) is 5.69 Å². The molecule has 3 aromatic rings. The molecule has 0 unspecified atom stereocenters. The van der Waals surface area contributed by atoms with Gasteiger partial charge in [0.15, 0.2) is 11.0 Å². The highest BCUT2D eigenvalue weighted by Crippen LogP contribution is 2.26. The second-order valence-corrected chi connectivity index (χ2v) is 7.14. The molecular formula is C17H16N4O3S2. The molecule has 0 saturated carbocycles. The summed E-state index contributed by atoms with van der Waals surface area (Å²) >= 11 is 2.88. The number of benzene rings is 1. The Labute approximate surface area is 158 Å². The zero-order valence-electron chi connectivity index (χ0n) is 14.1. The lowest BCUT2D eigenvalue weighted by Gasteiger charge is -2.07. The van der Waals surface area contributed by atoms with Gasteiger partial charge in [-0.3, -0.25) is 4.79 Å². The molecule has 26 heavy (non-hydrogen) atoms. The van der Waals surface area contributed by atoms with Gasteiger partial charge in [-0.1, -0.05) is 23.9 Å². The average molecular weight is 388 g/mol. The van der Waals surface area contributed by atoms with Gasteiger partial charge in [-0.25, -0.2) is 4.79 Å². The largest absolute Gasteiger partial charge is 0.465 e. The Morgan fingerprint density at radius 1 is 1.27 bits per heavy atom. The van der Waals surface area contributed by atoms with Gasteiger partial charge in [0.2, 0.25) is 5.91 Å². The van der Waals surface area contributed by atoms with Gasteiger partial charge in [0.05, 0.1) is 23.3 Å². The minimum absolute atomic E-state index is 0.179. The van der Waals surface area contributed by atoms with Crippen molar-refractivity contribution in [1.82, 2.24) is 14.8 Å². The van der Waals surface area contributed by atoms with Crippen LogP contribution in [-0.4, -0.2) is 39.5 Å². The van der Waals surface area contributed by atoms with Gasteiger partial charge < -0.3 is 14.6 Å². The van der Waals surface area contributed by atoms with Crippen molar-refractivity contribution in [2.45, 2.75) is 5.16 Å². The standard InChI is InChI=1S/C17H16N4O3S2/c1-21-15(13-7-4-8-25-13)19-20-17(21)26-10-14(22)18-12-6-3-5-11(9-12)16(23)24-2/h3-9H,10H2,1-2H3,(H,18,22). The van der Waals surface area contributed by atoms with E-state index in [1.54, 1.807) is 35.6 Å². The van der Waals surface area contributed by atoms with Crippen LogP contribution in [0.3, 0.4) is 0 Å². The van der Waals surface area contributed by atoms with Crippen LogP contribution < -0.4 is 5.32 Å². The van der Waals surface area contributed by atoms with E-state index < -0.39 is 5.97 Å². The van der Waals surface area contributed by atoms with E-state index in [9.17, 15) is 9.59 Å². The number of carbonyl (C=O) groups is 2. The van der Waals surface area contributed by atoms with Crippen molar-refractivity contribution >= 4 is 40.7 Å². The molecule has 0 saturated heterocycles. The first-order valence-electron chi connectivity index (χ1n) is 7.63. The first-order valence-corrected chi connectivity index (χ1v) is 9.49. The topological polar surface area (TPSA) is 86.1 Å². The zero-order chi connectivity index (χ0) is 18.5. The second kappa shape index (κ2) is 8.15. The van der Waals surface area contributed by atoms with Gasteiger partial charge in [0.1, 0.15) is 0 Å². The monoisotopic (exact) mass is 388 g/mol. The summed E-state index contributed by atoms with van der Waals surface area (Å²) in [6.07, 6.45) is 0. The van der Waals surface area contributed by atoms with Crippen LogP contribution in [0.1, 0.15) is 10.4 Å². The number of thiophene rings is 1. The number of anilines is 1. The number of aromatic nitrogens is 3. The molecule has 2 heterocycles. The lowest BCUT2D eigenvalue weighted by atomic mass is 10.2. The zero-order valence-corrected chi connectivity index (χ0v) is 15.8. The van der Waals surface area contributed by atoms with Crippen molar-refractivity contribution in [2.24, 2.45) is 7.05 Å². The molecule has 1 aromatic carbocycles. The Morgan fingerprint density at radius 2 is 2.12 bits per heavy atom. The van der Waals surface area contributed by atoms with Crippen LogP contribution in [-0.2, 0) is 16.6 Å². The average Bonchev–Trinajstić information content (AvgIpc) is 3.29. The molecular weight excluding hydrogens is 372 g/mol. The molecule has 0 aliphatic heterocycles. The number of carbonyl (C=O) groups excluding carboxylic acids is 2. The van der Waals surface area contributed by atoms with E-state index in [1.165, 1.54) is 18.9 Å². The van der Waals surface area contributed by atoms with E-state index in [4.69, 9.17) is 0 Å². The molecule has 0 spiro atoms. The van der Waals surface area contributed by atoms with Crippen LogP contribution >= 0.6 is 23.1 Å². The van der Waals surface area contributed by atoms with Gasteiger partial charge in [-0.2, -0.15) is 0 Å². The maximum Gasteiger partial charge on any atom is 0.337 e. The number of ether oxygens (including phenoxy) is 1. The third-order valence-electron chi connectivity index (χ3n) is 3.48. The Kier molecular flexibility index (Phi) is 5.69. The van der Waals surface area contributed by atoms with E-state index in [0.29, 0.717) is 16.4 Å². The van der Waals surface area contributed by atoms with E-state index in [2.05, 4.69) is 20.3 Å². The number of thioether (sulfide) groups is 1. The predicted octanol–water partition coefficient (Wildman–Crippen LogP) is 3.06. The minimum Gasteiger partial charge on any atom is -0.465 e. The lowest BCUT2D eigenvalue weighted by molar-refractivity contribution is -0.113. The molecule has 0 radical (unpaired) electrons. The summed E-state index contributed by atoms with van der Waals surface area (Å²) in [6.45, 7) is 0. The summed E-state index contributed by atoms with van der Waals surface area (Å²) in [7, 11) is 3.19. The summed E-state index contributed by atoms with van der Waals surface area (Å²) < 4.78 is 6.54. The highest BCUT2D eigenvalue weighted by Gasteiger charge is 2.14. The van der Waals surface area contributed by atoms with Gasteiger partial charge in [-0.05, 0) is 29.6 Å². The molecule has 0 fully saturated rings. The third kappa shape index (κ3) is 4.12. The molecule has 9 heteroatoms. The SMILES string of the molecule is COC(=O)c1cccc(NC(=O)CSc2nnc(-c3cccs3)n2C)c1. The smallest absolute Gasteiger partial charge is 0.337 e. The predicted molar refractivity (Wildman–Crippen MR) is 101 cm³/mol. The Morgan fingerprint density at radius 3 is 2.85 bits per heavy atom. The number of methoxy groups -OCH3 is 1. The molecule has 0 aliphatic rings. The second-order valence-electron chi connectivity index (χ2n) is 5.25. The molecule has 0 aliphatic carbocycles. The Hall–Kier alpha value is -2.65. The number of hydrogen-bond acceptors (Lipinski definition) is 7. The van der Waals surface area contributed by atoms with Gasteiger partial charge >= 0.3 is 5.97 Å². The maximum absolute atomic E-state index is 12.2. The fourth-order valence-electron chi connectivity index (χ4n) is 2.23. The number of amides is 1. The molecule has 1 amide bonds. The summed E-state index contributed by atoms with van der Waals surface area (Å²) in [4.78, 5) is 24.7. The van der Waals surface area contributed by atoms with Crippen molar-refractivity contribution in [3.63, 3.8) is 0 Å². The lowest BCUT2D eigenvalue weighted by Crippen LogP contribution is -2.15. The summed E-state index contributed by atoms with van der Waals surface area (Å²) in [6, 6.07) is 10.5. The quantitative estimate of drug-likeness (QED) is 0.516. The number of nitrogens with zero attached hydrogens (tertiary/aromatic N) is 3. The molecule has 0 atom stereocenters. The molecule has 0 bridgehead atoms. The number of rotatable bonds is 6. The number of hydrogen-bond donors (Lipinski definition) is 1. The number of esters is 1. The first kappa shape index (κ1) is 18.2. The minimum atomic E-state index is -0.448. The van der Waals surface area contributed by atoms with Crippen molar-refractivity contribution < 1.29 is 14.3 Å². The van der Waals surface area contributed by atoms with Crippen LogP contribution in [0.15, 0.2) is 46.9 Å². The van der Waals surface area contributed by atoms with Crippen LogP contribution in [0, 0.1) is 0 Å². The van der Waals surface area contributed by atoms with Gasteiger partial charge in [0, 0.05) is 12.7 Å². The third-order valence-corrected chi connectivity index (χ3v) is 5.36. The van der Waals surface area contributed by atoms with Crippen LogP contribution in [0.2, 0.25) is 0 Å². The van der Waals surface area contributed by atoms with Crippen molar-refractivity contribution in [1.29, 1.82) is 0 Å². The fourth-order valence-corrected chi connectivity index (χ4v) is 3.68. The molecule has 7 nitrogen and oxygen atoms in total. The van der Waals surface area contributed by atoms with E-state index >= 15 is 0 Å². The first-order chi connectivity index (χ1) is 12.6. The highest BCUT2D eigenvalue weighted by molar-refractivity contribution is 7.99. The molecule has 2 aromatic heterocycles. The van der Waals surface area contributed by atoms with Crippen molar-refractivity contribution in [2.75, 3.05) is 18.2 Å². The van der Waals surface area contributed by atoms with E-state index in [0.717, 1.165) is 10.7 Å². The molecule has 134 valence electrons. The summed E-state index contributed by atoms with van der Waals surface area (Å²) in [5.41, 5.74) is 0.919. The van der Waals surface area contributed by atoms with Crippen LogP contribution in [0.25, 0.3) is 10.7 Å². The van der Waals surface area contributed by atoms with Gasteiger partial charge in [0.25, 0.3) is 0 Å². The van der Waals surface area contributed by atoms with Crippen molar-refractivity contribution in [3.05, 3.63) is 47.3 Å². The van der Waals surface area contributed by atoms with E-state index in [1.807, 2.05) is 29.1 Å². The summed E-state index contributed by atoms with van der Waals surface area (Å²) in [5.74, 6) is 0.306. The summed E-state index contributed by atoms with van der Waals surface area (Å²) in [5, 5.41) is 13.7. The van der Waals surface area contributed by atoms with Gasteiger partial charge in [-0.15, -0.1) is 21.5 Å². The number of nitrogens with one attached hydrogen (secondary N) is 1. The van der Waals surface area contributed by atoms with Crippen molar-refractivity contribution in [3.8, 4) is 10.7 Å². The molecule has 1 N–H and O–H groups in total. The normalized spacial score (nSPS) is 10.5. The fraction of sp³-hybridized carbons (Fsp3) is 0.176. The molecule has 3 rings (SSSR count).